The van der Waals surface area contributed by atoms with E-state index in [1.807, 2.05) is 60.7 Å². The van der Waals surface area contributed by atoms with Crippen LogP contribution in [0.4, 0.5) is 4.79 Å². The maximum atomic E-state index is 11.6. The minimum Gasteiger partial charge on any atom is -0.481 e. The standard InChI is InChI=1S/C21H18N2O3/c1-25-20-12-10-18-14-16(9-11-19(18)23-20)8-5-13-22-21(24)26-15-17-6-3-2-4-7-17/h2-4,6-7,9-12,14H,13,15H2,1H3,(H,22,24). The van der Waals surface area contributed by atoms with Crippen LogP contribution in [0.1, 0.15) is 11.1 Å². The van der Waals surface area contributed by atoms with E-state index in [2.05, 4.69) is 22.1 Å². The zero-order valence-electron chi connectivity index (χ0n) is 14.4. The number of aromatic nitrogens is 1. The lowest BCUT2D eigenvalue weighted by molar-refractivity contribution is 0.141. The maximum absolute atomic E-state index is 11.6. The fraction of sp³-hybridized carbons (Fsp3) is 0.143. The van der Waals surface area contributed by atoms with Gasteiger partial charge in [0.05, 0.1) is 19.2 Å². The van der Waals surface area contributed by atoms with Crippen LogP contribution in [0.2, 0.25) is 0 Å². The third kappa shape index (κ3) is 4.74. The van der Waals surface area contributed by atoms with Crippen molar-refractivity contribution in [3.05, 3.63) is 71.8 Å². The van der Waals surface area contributed by atoms with E-state index in [0.29, 0.717) is 5.88 Å². The molecule has 0 atom stereocenters. The van der Waals surface area contributed by atoms with Gasteiger partial charge in [-0.05, 0) is 29.8 Å². The third-order valence-electron chi connectivity index (χ3n) is 3.64. The summed E-state index contributed by atoms with van der Waals surface area (Å²) in [7, 11) is 1.59. The number of carbonyl (C=O) groups excluding carboxylic acids is 1. The number of hydrogen-bond acceptors (Lipinski definition) is 4. The topological polar surface area (TPSA) is 60.5 Å². The molecule has 5 heteroatoms. The number of nitrogens with zero attached hydrogens (tertiary/aromatic N) is 1. The van der Waals surface area contributed by atoms with Gasteiger partial charge in [0.15, 0.2) is 0 Å². The fourth-order valence-corrected chi connectivity index (χ4v) is 2.34. The molecule has 0 bridgehead atoms. The Morgan fingerprint density at radius 3 is 2.77 bits per heavy atom. The molecule has 5 nitrogen and oxygen atoms in total. The largest absolute Gasteiger partial charge is 0.481 e. The van der Waals surface area contributed by atoms with Crippen LogP contribution in [0, 0.1) is 11.8 Å². The van der Waals surface area contributed by atoms with E-state index in [4.69, 9.17) is 9.47 Å². The van der Waals surface area contributed by atoms with Gasteiger partial charge in [0.25, 0.3) is 0 Å². The van der Waals surface area contributed by atoms with Crippen LogP contribution in [0.5, 0.6) is 5.88 Å². The minimum atomic E-state index is -0.488. The van der Waals surface area contributed by atoms with Crippen molar-refractivity contribution in [1.29, 1.82) is 0 Å². The Balaban J connectivity index is 1.51. The number of benzene rings is 2. The zero-order chi connectivity index (χ0) is 18.2. The first-order valence-corrected chi connectivity index (χ1v) is 8.13. The second-order valence-corrected chi connectivity index (χ2v) is 5.48. The number of pyridine rings is 1. The van der Waals surface area contributed by atoms with Crippen molar-refractivity contribution in [3.63, 3.8) is 0 Å². The summed E-state index contributed by atoms with van der Waals surface area (Å²) in [5.41, 5.74) is 2.64. The highest BCUT2D eigenvalue weighted by Crippen LogP contribution is 2.17. The van der Waals surface area contributed by atoms with Gasteiger partial charge in [0, 0.05) is 17.0 Å². The number of amides is 1. The summed E-state index contributed by atoms with van der Waals surface area (Å²) in [6, 6.07) is 19.0. The lowest BCUT2D eigenvalue weighted by atomic mass is 10.1. The number of nitrogens with one attached hydrogen (secondary N) is 1. The van der Waals surface area contributed by atoms with Gasteiger partial charge in [-0.15, -0.1) is 0 Å². The van der Waals surface area contributed by atoms with Gasteiger partial charge in [-0.1, -0.05) is 42.2 Å². The van der Waals surface area contributed by atoms with E-state index in [9.17, 15) is 4.79 Å². The molecule has 130 valence electrons. The summed E-state index contributed by atoms with van der Waals surface area (Å²) in [5, 5.41) is 3.59. The van der Waals surface area contributed by atoms with Gasteiger partial charge in [-0.3, -0.25) is 0 Å². The monoisotopic (exact) mass is 346 g/mol. The Kier molecular flexibility index (Phi) is 5.69. The highest BCUT2D eigenvalue weighted by atomic mass is 16.5. The molecule has 1 N–H and O–H groups in total. The van der Waals surface area contributed by atoms with Gasteiger partial charge in [-0.25, -0.2) is 9.78 Å². The second-order valence-electron chi connectivity index (χ2n) is 5.48. The number of alkyl carbamates (subject to hydrolysis) is 1. The Hall–Kier alpha value is -3.52. The number of hydrogen-bond donors (Lipinski definition) is 1. The maximum Gasteiger partial charge on any atom is 0.408 e. The summed E-state index contributed by atoms with van der Waals surface area (Å²) in [6.07, 6.45) is -0.488. The molecule has 0 aliphatic rings. The molecule has 2 aromatic carbocycles. The Labute approximate surface area is 152 Å². The Morgan fingerprint density at radius 2 is 1.96 bits per heavy atom. The summed E-state index contributed by atoms with van der Waals surface area (Å²) in [5.74, 6) is 6.50. The number of fused-ring (bicyclic) bond motifs is 1. The molecule has 0 aliphatic heterocycles. The molecule has 1 amide bonds. The van der Waals surface area contributed by atoms with E-state index < -0.39 is 6.09 Å². The van der Waals surface area contributed by atoms with Crippen molar-refractivity contribution in [3.8, 4) is 17.7 Å². The van der Waals surface area contributed by atoms with E-state index >= 15 is 0 Å². The number of methoxy groups -OCH3 is 1. The Bertz CT molecular complexity index is 959. The Morgan fingerprint density at radius 1 is 1.12 bits per heavy atom. The van der Waals surface area contributed by atoms with Crippen LogP contribution in [-0.4, -0.2) is 24.7 Å². The predicted octanol–water partition coefficient (Wildman–Crippen LogP) is 3.52. The van der Waals surface area contributed by atoms with Crippen molar-refractivity contribution in [2.24, 2.45) is 0 Å². The molecular formula is C21H18N2O3. The first-order chi connectivity index (χ1) is 12.7. The third-order valence-corrected chi connectivity index (χ3v) is 3.64. The molecular weight excluding hydrogens is 328 g/mol. The average Bonchev–Trinajstić information content (AvgIpc) is 2.70. The SMILES string of the molecule is COc1ccc2cc(C#CCNC(=O)OCc3ccccc3)ccc2n1. The van der Waals surface area contributed by atoms with Crippen LogP contribution in [0.25, 0.3) is 10.9 Å². The molecule has 0 spiro atoms. The molecule has 0 aliphatic carbocycles. The molecule has 1 heterocycles. The van der Waals surface area contributed by atoms with Gasteiger partial charge < -0.3 is 14.8 Å². The van der Waals surface area contributed by atoms with Crippen molar-refractivity contribution in [2.75, 3.05) is 13.7 Å². The van der Waals surface area contributed by atoms with Crippen LogP contribution in [0.15, 0.2) is 60.7 Å². The minimum absolute atomic E-state index is 0.215. The predicted molar refractivity (Wildman–Crippen MR) is 99.8 cm³/mol. The molecule has 3 aromatic rings. The number of carbonyl (C=O) groups is 1. The quantitative estimate of drug-likeness (QED) is 0.734. The molecule has 26 heavy (non-hydrogen) atoms. The first-order valence-electron chi connectivity index (χ1n) is 8.13. The highest BCUT2D eigenvalue weighted by molar-refractivity contribution is 5.80. The summed E-state index contributed by atoms with van der Waals surface area (Å²) >= 11 is 0. The summed E-state index contributed by atoms with van der Waals surface area (Å²) in [4.78, 5) is 16.0. The molecule has 0 fully saturated rings. The van der Waals surface area contributed by atoms with E-state index in [1.165, 1.54) is 0 Å². The highest BCUT2D eigenvalue weighted by Gasteiger charge is 2.01. The van der Waals surface area contributed by atoms with Crippen molar-refractivity contribution >= 4 is 17.0 Å². The molecule has 3 rings (SSSR count). The van der Waals surface area contributed by atoms with E-state index in [0.717, 1.165) is 22.0 Å². The van der Waals surface area contributed by atoms with Crippen molar-refractivity contribution in [1.82, 2.24) is 10.3 Å². The molecule has 1 aromatic heterocycles. The smallest absolute Gasteiger partial charge is 0.408 e. The van der Waals surface area contributed by atoms with Crippen LogP contribution in [0.3, 0.4) is 0 Å². The van der Waals surface area contributed by atoms with Crippen LogP contribution in [-0.2, 0) is 11.3 Å². The summed E-state index contributed by atoms with van der Waals surface area (Å²) in [6.45, 7) is 0.452. The number of rotatable bonds is 4. The lowest BCUT2D eigenvalue weighted by Crippen LogP contribution is -2.24. The average molecular weight is 346 g/mol. The van der Waals surface area contributed by atoms with Crippen molar-refractivity contribution < 1.29 is 14.3 Å². The fourth-order valence-electron chi connectivity index (χ4n) is 2.34. The van der Waals surface area contributed by atoms with Crippen LogP contribution >= 0.6 is 0 Å². The van der Waals surface area contributed by atoms with E-state index in [-0.39, 0.29) is 13.2 Å². The number of ether oxygens (including phenoxy) is 2. The molecule has 0 saturated carbocycles. The van der Waals surface area contributed by atoms with Gasteiger partial charge in [0.1, 0.15) is 6.61 Å². The van der Waals surface area contributed by atoms with E-state index in [1.54, 1.807) is 7.11 Å². The summed E-state index contributed by atoms with van der Waals surface area (Å²) < 4.78 is 10.2. The normalized spacial score (nSPS) is 9.88. The van der Waals surface area contributed by atoms with Gasteiger partial charge >= 0.3 is 6.09 Å². The molecule has 0 radical (unpaired) electrons. The molecule has 0 saturated heterocycles. The van der Waals surface area contributed by atoms with Crippen molar-refractivity contribution in [2.45, 2.75) is 6.61 Å². The first kappa shape index (κ1) is 17.3. The van der Waals surface area contributed by atoms with Crippen LogP contribution < -0.4 is 10.1 Å². The van der Waals surface area contributed by atoms with Gasteiger partial charge in [0.2, 0.25) is 5.88 Å². The lowest BCUT2D eigenvalue weighted by Gasteiger charge is -2.04. The zero-order valence-corrected chi connectivity index (χ0v) is 14.4. The second kappa shape index (κ2) is 8.54. The van der Waals surface area contributed by atoms with Gasteiger partial charge in [-0.2, -0.15) is 0 Å². The molecule has 0 unspecified atom stereocenters.